The number of carbonyl (C=O) groups excluding carboxylic acids is 2. The lowest BCUT2D eigenvalue weighted by molar-refractivity contribution is -0.152. The normalized spacial score (nSPS) is 12.0. The molecule has 0 fully saturated rings. The lowest BCUT2D eigenvalue weighted by Gasteiger charge is -2.13. The zero-order valence-electron chi connectivity index (χ0n) is 15.0. The molecule has 1 atom stereocenters. The first-order valence-electron chi connectivity index (χ1n) is 8.46. The van der Waals surface area contributed by atoms with E-state index in [9.17, 15) is 9.59 Å². The van der Waals surface area contributed by atoms with Crippen molar-refractivity contribution < 1.29 is 18.7 Å². The number of esters is 1. The van der Waals surface area contributed by atoms with Crippen molar-refractivity contribution in [3.05, 3.63) is 65.4 Å². The Bertz CT molecular complexity index is 940. The van der Waals surface area contributed by atoms with Crippen LogP contribution < -0.4 is 5.32 Å². The van der Waals surface area contributed by atoms with E-state index in [2.05, 4.69) is 5.32 Å². The molecule has 0 aliphatic carbocycles. The van der Waals surface area contributed by atoms with E-state index in [0.29, 0.717) is 5.69 Å². The Morgan fingerprint density at radius 1 is 1.08 bits per heavy atom. The Balaban J connectivity index is 1.59. The highest BCUT2D eigenvalue weighted by Gasteiger charge is 2.19. The molecule has 1 aromatic heterocycles. The van der Waals surface area contributed by atoms with Crippen LogP contribution in [-0.2, 0) is 20.7 Å². The summed E-state index contributed by atoms with van der Waals surface area (Å²) in [5.74, 6) is -0.838. The molecule has 26 heavy (non-hydrogen) atoms. The van der Waals surface area contributed by atoms with Crippen LogP contribution in [-0.4, -0.2) is 18.0 Å². The molecular formula is C21H21NO4. The second-order valence-corrected chi connectivity index (χ2v) is 6.42. The van der Waals surface area contributed by atoms with Crippen molar-refractivity contribution in [2.24, 2.45) is 0 Å². The zero-order chi connectivity index (χ0) is 18.7. The summed E-state index contributed by atoms with van der Waals surface area (Å²) in [6, 6.07) is 13.2. The summed E-state index contributed by atoms with van der Waals surface area (Å²) in [6.45, 7) is 5.50. The van der Waals surface area contributed by atoms with Crippen molar-refractivity contribution in [2.75, 3.05) is 5.32 Å². The number of carbonyl (C=O) groups is 2. The number of benzene rings is 2. The summed E-state index contributed by atoms with van der Waals surface area (Å²) in [7, 11) is 0. The van der Waals surface area contributed by atoms with Crippen LogP contribution in [0, 0.1) is 13.8 Å². The molecule has 1 N–H and O–H groups in total. The van der Waals surface area contributed by atoms with Gasteiger partial charge in [0.25, 0.3) is 5.91 Å². The summed E-state index contributed by atoms with van der Waals surface area (Å²) in [6.07, 6.45) is 0.727. The highest BCUT2D eigenvalue weighted by atomic mass is 16.5. The smallest absolute Gasteiger partial charge is 0.311 e. The van der Waals surface area contributed by atoms with Crippen molar-refractivity contribution in [3.63, 3.8) is 0 Å². The third-order valence-corrected chi connectivity index (χ3v) is 4.14. The highest BCUT2D eigenvalue weighted by Crippen LogP contribution is 2.23. The zero-order valence-corrected chi connectivity index (χ0v) is 15.0. The summed E-state index contributed by atoms with van der Waals surface area (Å²) in [5.41, 5.74) is 4.33. The number of hydrogen-bond donors (Lipinski definition) is 1. The van der Waals surface area contributed by atoms with Crippen LogP contribution in [0.25, 0.3) is 11.0 Å². The first-order chi connectivity index (χ1) is 12.4. The number of furan rings is 1. The molecule has 0 aliphatic rings. The van der Waals surface area contributed by atoms with E-state index in [1.165, 1.54) is 0 Å². The number of nitrogens with one attached hydrogen (secondary N) is 1. The van der Waals surface area contributed by atoms with Gasteiger partial charge in [0.1, 0.15) is 5.58 Å². The maximum atomic E-state index is 12.2. The van der Waals surface area contributed by atoms with Crippen LogP contribution in [0.4, 0.5) is 5.69 Å². The van der Waals surface area contributed by atoms with Gasteiger partial charge in [-0.3, -0.25) is 9.59 Å². The molecular weight excluding hydrogens is 330 g/mol. The minimum absolute atomic E-state index is 0.0538. The van der Waals surface area contributed by atoms with Crippen molar-refractivity contribution in [1.82, 2.24) is 0 Å². The van der Waals surface area contributed by atoms with Crippen molar-refractivity contribution in [1.29, 1.82) is 0 Å². The highest BCUT2D eigenvalue weighted by molar-refractivity contribution is 5.95. The van der Waals surface area contributed by atoms with E-state index < -0.39 is 12.1 Å². The van der Waals surface area contributed by atoms with Gasteiger partial charge in [-0.2, -0.15) is 0 Å². The molecule has 0 aliphatic heterocycles. The lowest BCUT2D eigenvalue weighted by Crippen LogP contribution is -2.30. The van der Waals surface area contributed by atoms with Gasteiger partial charge in [-0.1, -0.05) is 29.8 Å². The summed E-state index contributed by atoms with van der Waals surface area (Å²) in [5, 5.41) is 3.61. The van der Waals surface area contributed by atoms with Crippen LogP contribution in [0.15, 0.2) is 53.1 Å². The molecule has 2 aromatic carbocycles. The van der Waals surface area contributed by atoms with Crippen LogP contribution >= 0.6 is 0 Å². The number of aryl methyl sites for hydroxylation is 2. The summed E-state index contributed by atoms with van der Waals surface area (Å²) < 4.78 is 10.7. The standard InChI is InChI=1S/C21H21NO4/c1-13-4-7-17(8-5-13)22-21(24)15(3)26-20(23)11-16-12-25-19-10-14(2)6-9-18(16)19/h4-10,12,15H,11H2,1-3H3,(H,22,24). The first-order valence-corrected chi connectivity index (χ1v) is 8.46. The van der Waals surface area contributed by atoms with Gasteiger partial charge in [-0.05, 0) is 44.5 Å². The molecule has 5 heteroatoms. The van der Waals surface area contributed by atoms with E-state index in [0.717, 1.165) is 27.7 Å². The summed E-state index contributed by atoms with van der Waals surface area (Å²) >= 11 is 0. The molecule has 0 saturated heterocycles. The topological polar surface area (TPSA) is 68.5 Å². The molecule has 0 spiro atoms. The van der Waals surface area contributed by atoms with Gasteiger partial charge in [0.2, 0.25) is 0 Å². The van der Waals surface area contributed by atoms with Crippen LogP contribution in [0.1, 0.15) is 23.6 Å². The number of amides is 1. The fourth-order valence-electron chi connectivity index (χ4n) is 2.66. The molecule has 3 aromatic rings. The number of anilines is 1. The summed E-state index contributed by atoms with van der Waals surface area (Å²) in [4.78, 5) is 24.4. The van der Waals surface area contributed by atoms with E-state index >= 15 is 0 Å². The number of ether oxygens (including phenoxy) is 1. The van der Waals surface area contributed by atoms with Gasteiger partial charge in [0.05, 0.1) is 12.7 Å². The molecule has 1 amide bonds. The molecule has 134 valence electrons. The minimum atomic E-state index is -0.885. The largest absolute Gasteiger partial charge is 0.464 e. The van der Waals surface area contributed by atoms with Crippen molar-refractivity contribution in [2.45, 2.75) is 33.3 Å². The van der Waals surface area contributed by atoms with Gasteiger partial charge in [-0.25, -0.2) is 0 Å². The molecule has 0 saturated carbocycles. The van der Waals surface area contributed by atoms with E-state index in [4.69, 9.17) is 9.15 Å². The predicted octanol–water partition coefficient (Wildman–Crippen LogP) is 4.16. The lowest BCUT2D eigenvalue weighted by atomic mass is 10.1. The van der Waals surface area contributed by atoms with Gasteiger partial charge in [0.15, 0.2) is 6.10 Å². The molecule has 1 unspecified atom stereocenters. The maximum absolute atomic E-state index is 12.2. The van der Waals surface area contributed by atoms with Crippen molar-refractivity contribution >= 4 is 28.5 Å². The van der Waals surface area contributed by atoms with E-state index in [1.807, 2.05) is 44.2 Å². The van der Waals surface area contributed by atoms with Gasteiger partial charge >= 0.3 is 5.97 Å². The Kier molecular flexibility index (Phi) is 5.07. The molecule has 1 heterocycles. The fraction of sp³-hybridized carbons (Fsp3) is 0.238. The number of fused-ring (bicyclic) bond motifs is 1. The fourth-order valence-corrected chi connectivity index (χ4v) is 2.66. The Hall–Kier alpha value is -3.08. The second-order valence-electron chi connectivity index (χ2n) is 6.42. The quantitative estimate of drug-likeness (QED) is 0.701. The maximum Gasteiger partial charge on any atom is 0.311 e. The monoisotopic (exact) mass is 351 g/mol. The van der Waals surface area contributed by atoms with Crippen LogP contribution in [0.2, 0.25) is 0 Å². The van der Waals surface area contributed by atoms with Gasteiger partial charge < -0.3 is 14.5 Å². The SMILES string of the molecule is Cc1ccc(NC(=O)C(C)OC(=O)Cc2coc3cc(C)ccc23)cc1. The van der Waals surface area contributed by atoms with Crippen molar-refractivity contribution in [3.8, 4) is 0 Å². The number of hydrogen-bond acceptors (Lipinski definition) is 4. The third kappa shape index (κ3) is 4.11. The average Bonchev–Trinajstić information content (AvgIpc) is 2.98. The Morgan fingerprint density at radius 3 is 2.50 bits per heavy atom. The van der Waals surface area contributed by atoms with E-state index in [1.54, 1.807) is 25.3 Å². The third-order valence-electron chi connectivity index (χ3n) is 4.14. The van der Waals surface area contributed by atoms with E-state index in [-0.39, 0.29) is 12.3 Å². The molecule has 3 rings (SSSR count). The van der Waals surface area contributed by atoms with Crippen LogP contribution in [0.5, 0.6) is 0 Å². The minimum Gasteiger partial charge on any atom is -0.464 e. The average molecular weight is 351 g/mol. The molecule has 0 radical (unpaired) electrons. The Labute approximate surface area is 152 Å². The number of rotatable bonds is 5. The Morgan fingerprint density at radius 2 is 1.77 bits per heavy atom. The molecule has 5 nitrogen and oxygen atoms in total. The molecule has 0 bridgehead atoms. The first kappa shape index (κ1) is 17.7. The van der Waals surface area contributed by atoms with Gasteiger partial charge in [-0.15, -0.1) is 0 Å². The van der Waals surface area contributed by atoms with Crippen LogP contribution in [0.3, 0.4) is 0 Å². The predicted molar refractivity (Wildman–Crippen MR) is 100 cm³/mol. The van der Waals surface area contributed by atoms with Gasteiger partial charge in [0, 0.05) is 16.6 Å². The second kappa shape index (κ2) is 7.44.